The van der Waals surface area contributed by atoms with Crippen molar-refractivity contribution >= 4 is 11.6 Å². The van der Waals surface area contributed by atoms with Gasteiger partial charge in [-0.05, 0) is 31.0 Å². The third-order valence-corrected chi connectivity index (χ3v) is 3.14. The number of benzene rings is 1. The topological polar surface area (TPSA) is 51.1 Å². The summed E-state index contributed by atoms with van der Waals surface area (Å²) >= 11 is 0. The van der Waals surface area contributed by atoms with Crippen molar-refractivity contribution in [3.05, 3.63) is 63.6 Å². The minimum Gasteiger partial charge on any atom is -0.320 e. The summed E-state index contributed by atoms with van der Waals surface area (Å²) in [6.07, 6.45) is 0. The van der Waals surface area contributed by atoms with Crippen molar-refractivity contribution in [2.45, 2.75) is 27.7 Å². The van der Waals surface area contributed by atoms with Crippen molar-refractivity contribution in [1.82, 2.24) is 4.57 Å². The van der Waals surface area contributed by atoms with Crippen LogP contribution in [0.25, 0.3) is 0 Å². The average molecular weight is 286 g/mol. The molecule has 0 bridgehead atoms. The predicted octanol–water partition coefficient (Wildman–Crippen LogP) is 3.28. The molecule has 0 aliphatic carbocycles. The average Bonchev–Trinajstić information content (AvgIpc) is 2.48. The molecule has 0 saturated carbocycles. The standard InChI is InChI=1S/C15H16N2O2.C2H6/c1-10-6-4-7-11(2)14(10)16-15(19)12-8-5-9-13(18)17(12)3;1-2/h4-9H,1-3H3,(H,16,19);1-2H3. The monoisotopic (exact) mass is 286 g/mol. The Morgan fingerprint density at radius 1 is 1.00 bits per heavy atom. The van der Waals surface area contributed by atoms with Crippen LogP contribution >= 0.6 is 0 Å². The number of aryl methyl sites for hydroxylation is 2. The number of carbonyl (C=O) groups excluding carboxylic acids is 1. The molecule has 1 aromatic heterocycles. The first-order chi connectivity index (χ1) is 10.0. The van der Waals surface area contributed by atoms with Crippen molar-refractivity contribution < 1.29 is 4.79 Å². The maximum absolute atomic E-state index is 12.2. The third-order valence-electron chi connectivity index (χ3n) is 3.14. The van der Waals surface area contributed by atoms with Gasteiger partial charge in [0.15, 0.2) is 0 Å². The van der Waals surface area contributed by atoms with Gasteiger partial charge in [-0.3, -0.25) is 9.59 Å². The summed E-state index contributed by atoms with van der Waals surface area (Å²) < 4.78 is 1.34. The Balaban J connectivity index is 0.00000106. The minimum absolute atomic E-state index is 0.200. The van der Waals surface area contributed by atoms with Crippen LogP contribution in [0.4, 0.5) is 5.69 Å². The molecule has 0 aliphatic heterocycles. The van der Waals surface area contributed by atoms with Crippen LogP contribution in [0.5, 0.6) is 0 Å². The molecule has 0 spiro atoms. The lowest BCUT2D eigenvalue weighted by Crippen LogP contribution is -2.25. The highest BCUT2D eigenvalue weighted by Crippen LogP contribution is 2.19. The predicted molar refractivity (Wildman–Crippen MR) is 86.9 cm³/mol. The van der Waals surface area contributed by atoms with Gasteiger partial charge in [0.05, 0.1) is 0 Å². The van der Waals surface area contributed by atoms with Gasteiger partial charge in [-0.1, -0.05) is 38.1 Å². The van der Waals surface area contributed by atoms with Gasteiger partial charge in [0.25, 0.3) is 11.5 Å². The molecular weight excluding hydrogens is 264 g/mol. The lowest BCUT2D eigenvalue weighted by atomic mass is 10.1. The molecule has 0 atom stereocenters. The maximum atomic E-state index is 12.2. The quantitative estimate of drug-likeness (QED) is 0.921. The molecule has 0 saturated heterocycles. The second-order valence-corrected chi connectivity index (χ2v) is 4.53. The van der Waals surface area contributed by atoms with Gasteiger partial charge in [0, 0.05) is 18.8 Å². The number of aromatic nitrogens is 1. The van der Waals surface area contributed by atoms with E-state index in [-0.39, 0.29) is 11.5 Å². The van der Waals surface area contributed by atoms with E-state index in [0.29, 0.717) is 5.69 Å². The highest BCUT2D eigenvalue weighted by molar-refractivity contribution is 6.03. The minimum atomic E-state index is -0.280. The molecule has 0 unspecified atom stereocenters. The summed E-state index contributed by atoms with van der Waals surface area (Å²) in [7, 11) is 1.59. The largest absolute Gasteiger partial charge is 0.320 e. The van der Waals surface area contributed by atoms with E-state index in [1.807, 2.05) is 45.9 Å². The van der Waals surface area contributed by atoms with Gasteiger partial charge in [-0.25, -0.2) is 0 Å². The zero-order valence-electron chi connectivity index (χ0n) is 13.2. The zero-order chi connectivity index (χ0) is 16.0. The number of hydrogen-bond acceptors (Lipinski definition) is 2. The Morgan fingerprint density at radius 3 is 2.10 bits per heavy atom. The van der Waals surface area contributed by atoms with E-state index in [1.165, 1.54) is 10.6 Å². The molecule has 1 aromatic carbocycles. The molecule has 112 valence electrons. The Kier molecular flexibility index (Phi) is 5.91. The smallest absolute Gasteiger partial charge is 0.272 e. The number of para-hydroxylation sites is 1. The molecule has 0 radical (unpaired) electrons. The Labute approximate surface area is 125 Å². The van der Waals surface area contributed by atoms with Crippen LogP contribution < -0.4 is 10.9 Å². The van der Waals surface area contributed by atoms with Gasteiger partial charge < -0.3 is 9.88 Å². The molecule has 1 heterocycles. The number of carbonyl (C=O) groups is 1. The number of pyridine rings is 1. The van der Waals surface area contributed by atoms with E-state index >= 15 is 0 Å². The normalized spacial score (nSPS) is 9.57. The molecule has 2 aromatic rings. The molecule has 1 N–H and O–H groups in total. The lowest BCUT2D eigenvalue weighted by molar-refractivity contribution is 0.101. The van der Waals surface area contributed by atoms with E-state index < -0.39 is 0 Å². The third kappa shape index (κ3) is 3.81. The highest BCUT2D eigenvalue weighted by atomic mass is 16.2. The summed E-state index contributed by atoms with van der Waals surface area (Å²) in [6.45, 7) is 7.87. The van der Waals surface area contributed by atoms with Gasteiger partial charge in [-0.2, -0.15) is 0 Å². The summed E-state index contributed by atoms with van der Waals surface area (Å²) in [5, 5.41) is 2.86. The number of amides is 1. The van der Waals surface area contributed by atoms with Crippen LogP contribution in [-0.4, -0.2) is 10.5 Å². The first-order valence-electron chi connectivity index (χ1n) is 7.04. The fraction of sp³-hybridized carbons (Fsp3) is 0.294. The van der Waals surface area contributed by atoms with Gasteiger partial charge in [-0.15, -0.1) is 0 Å². The summed E-state index contributed by atoms with van der Waals surface area (Å²) in [6, 6.07) is 10.5. The van der Waals surface area contributed by atoms with Gasteiger partial charge >= 0.3 is 0 Å². The van der Waals surface area contributed by atoms with Crippen LogP contribution in [0.15, 0.2) is 41.2 Å². The fourth-order valence-electron chi connectivity index (χ4n) is 1.98. The molecule has 21 heavy (non-hydrogen) atoms. The summed E-state index contributed by atoms with van der Waals surface area (Å²) in [5.41, 5.74) is 2.93. The second kappa shape index (κ2) is 7.43. The van der Waals surface area contributed by atoms with Crippen LogP contribution in [0.1, 0.15) is 35.5 Å². The first kappa shape index (κ1) is 16.7. The summed E-state index contributed by atoms with van der Waals surface area (Å²) in [5.74, 6) is -0.280. The van der Waals surface area contributed by atoms with Crippen molar-refractivity contribution in [2.75, 3.05) is 5.32 Å². The number of rotatable bonds is 2. The molecular formula is C17H22N2O2. The number of anilines is 1. The zero-order valence-corrected chi connectivity index (χ0v) is 13.2. The van der Waals surface area contributed by atoms with Crippen molar-refractivity contribution in [3.8, 4) is 0 Å². The first-order valence-corrected chi connectivity index (χ1v) is 7.04. The van der Waals surface area contributed by atoms with Crippen LogP contribution in [0, 0.1) is 13.8 Å². The summed E-state index contributed by atoms with van der Waals surface area (Å²) in [4.78, 5) is 23.7. The second-order valence-electron chi connectivity index (χ2n) is 4.53. The molecule has 1 amide bonds. The van der Waals surface area contributed by atoms with Crippen LogP contribution in [0.3, 0.4) is 0 Å². The van der Waals surface area contributed by atoms with E-state index in [2.05, 4.69) is 5.32 Å². The van der Waals surface area contributed by atoms with Crippen molar-refractivity contribution in [1.29, 1.82) is 0 Å². The Hall–Kier alpha value is -2.36. The van der Waals surface area contributed by atoms with Crippen LogP contribution in [0.2, 0.25) is 0 Å². The van der Waals surface area contributed by atoms with E-state index in [9.17, 15) is 9.59 Å². The van der Waals surface area contributed by atoms with Crippen LogP contribution in [-0.2, 0) is 7.05 Å². The van der Waals surface area contributed by atoms with E-state index in [4.69, 9.17) is 0 Å². The van der Waals surface area contributed by atoms with Gasteiger partial charge in [0.1, 0.15) is 5.69 Å². The molecule has 4 heteroatoms. The molecule has 4 nitrogen and oxygen atoms in total. The lowest BCUT2D eigenvalue weighted by Gasteiger charge is -2.12. The Bertz CT molecular complexity index is 667. The molecule has 0 aliphatic rings. The van der Waals surface area contributed by atoms with Crippen molar-refractivity contribution in [3.63, 3.8) is 0 Å². The number of hydrogen-bond donors (Lipinski definition) is 1. The highest BCUT2D eigenvalue weighted by Gasteiger charge is 2.12. The SMILES string of the molecule is CC.Cc1cccc(C)c1NC(=O)c1cccc(=O)n1C. The number of nitrogens with zero attached hydrogens (tertiary/aromatic N) is 1. The van der Waals surface area contributed by atoms with Gasteiger partial charge in [0.2, 0.25) is 0 Å². The molecule has 2 rings (SSSR count). The maximum Gasteiger partial charge on any atom is 0.272 e. The molecule has 0 fully saturated rings. The van der Waals surface area contributed by atoms with E-state index in [1.54, 1.807) is 19.2 Å². The fourth-order valence-corrected chi connectivity index (χ4v) is 1.98. The Morgan fingerprint density at radius 2 is 1.52 bits per heavy atom. The van der Waals surface area contributed by atoms with E-state index in [0.717, 1.165) is 16.8 Å². The number of nitrogens with one attached hydrogen (secondary N) is 1. The van der Waals surface area contributed by atoms with Crippen molar-refractivity contribution in [2.24, 2.45) is 7.05 Å².